The van der Waals surface area contributed by atoms with Crippen LogP contribution in [0.3, 0.4) is 0 Å². The Hall–Kier alpha value is -0.580. The number of aryl methyl sites for hydroxylation is 1. The molecule has 1 heterocycles. The molecule has 16 heavy (non-hydrogen) atoms. The van der Waals surface area contributed by atoms with Gasteiger partial charge in [-0.15, -0.1) is 0 Å². The third kappa shape index (κ3) is 6.10. The maximum atomic E-state index is 8.60. The molecule has 1 aromatic rings. The first-order valence-electron chi connectivity index (χ1n) is 5.64. The fourth-order valence-electron chi connectivity index (χ4n) is 1.25. The Morgan fingerprint density at radius 1 is 1.38 bits per heavy atom. The quantitative estimate of drug-likeness (QED) is 0.677. The van der Waals surface area contributed by atoms with Crippen molar-refractivity contribution < 1.29 is 5.11 Å². The molecule has 1 aromatic heterocycles. The van der Waals surface area contributed by atoms with Gasteiger partial charge in [-0.3, -0.25) is 4.98 Å². The van der Waals surface area contributed by atoms with E-state index in [1.807, 2.05) is 30.9 Å². The summed E-state index contributed by atoms with van der Waals surface area (Å²) in [6, 6.07) is 4.14. The molecule has 0 aliphatic rings. The van der Waals surface area contributed by atoms with Crippen molar-refractivity contribution in [2.45, 2.75) is 19.9 Å². The van der Waals surface area contributed by atoms with Crippen molar-refractivity contribution >= 4 is 11.8 Å². The minimum absolute atomic E-state index is 0.301. The minimum atomic E-state index is 0.301. The molecule has 0 amide bonds. The smallest absolute Gasteiger partial charge is 0.0438 e. The molecule has 4 heteroatoms. The first-order valence-corrected chi connectivity index (χ1v) is 6.79. The van der Waals surface area contributed by atoms with Crippen LogP contribution in [0.25, 0.3) is 0 Å². The average molecular weight is 240 g/mol. The molecule has 0 unspecified atom stereocenters. The van der Waals surface area contributed by atoms with Crippen LogP contribution in [0.1, 0.15) is 17.7 Å². The first kappa shape index (κ1) is 13.5. The van der Waals surface area contributed by atoms with Gasteiger partial charge in [0.15, 0.2) is 0 Å². The SMILES string of the molecule is Cc1ccc(CNCCSCCCO)cn1. The minimum Gasteiger partial charge on any atom is -0.396 e. The van der Waals surface area contributed by atoms with Crippen LogP contribution in [-0.2, 0) is 6.54 Å². The Bertz CT molecular complexity index is 277. The van der Waals surface area contributed by atoms with Crippen LogP contribution in [-0.4, -0.2) is 34.7 Å². The van der Waals surface area contributed by atoms with Gasteiger partial charge in [-0.2, -0.15) is 11.8 Å². The number of thioether (sulfide) groups is 1. The lowest BCUT2D eigenvalue weighted by Crippen LogP contribution is -2.16. The molecule has 0 atom stereocenters. The molecule has 0 bridgehead atoms. The van der Waals surface area contributed by atoms with Gasteiger partial charge in [0.2, 0.25) is 0 Å². The van der Waals surface area contributed by atoms with Crippen molar-refractivity contribution in [3.05, 3.63) is 29.6 Å². The molecule has 0 fully saturated rings. The van der Waals surface area contributed by atoms with Gasteiger partial charge in [-0.1, -0.05) is 6.07 Å². The standard InChI is InChI=1S/C12H20N2OS/c1-11-3-4-12(10-14-11)9-13-5-8-16-7-2-6-15/h3-4,10,13,15H,2,5-9H2,1H3. The van der Waals surface area contributed by atoms with Gasteiger partial charge in [0, 0.05) is 37.3 Å². The van der Waals surface area contributed by atoms with E-state index in [1.165, 1.54) is 5.56 Å². The summed E-state index contributed by atoms with van der Waals surface area (Å²) in [5.74, 6) is 2.14. The van der Waals surface area contributed by atoms with Crippen LogP contribution in [0.15, 0.2) is 18.3 Å². The Morgan fingerprint density at radius 3 is 2.94 bits per heavy atom. The van der Waals surface area contributed by atoms with Gasteiger partial charge in [0.05, 0.1) is 0 Å². The highest BCUT2D eigenvalue weighted by molar-refractivity contribution is 7.99. The van der Waals surface area contributed by atoms with Gasteiger partial charge < -0.3 is 10.4 Å². The lowest BCUT2D eigenvalue weighted by Gasteiger charge is -2.04. The van der Waals surface area contributed by atoms with Crippen LogP contribution in [0.2, 0.25) is 0 Å². The van der Waals surface area contributed by atoms with E-state index >= 15 is 0 Å². The molecule has 0 radical (unpaired) electrons. The van der Waals surface area contributed by atoms with Crippen molar-refractivity contribution in [1.29, 1.82) is 0 Å². The fourth-order valence-corrected chi connectivity index (χ4v) is 2.07. The zero-order chi connectivity index (χ0) is 11.6. The summed E-state index contributed by atoms with van der Waals surface area (Å²) in [5.41, 5.74) is 2.29. The molecule has 0 aliphatic heterocycles. The maximum Gasteiger partial charge on any atom is 0.0438 e. The third-order valence-electron chi connectivity index (χ3n) is 2.17. The number of hydrogen-bond acceptors (Lipinski definition) is 4. The molecule has 0 saturated carbocycles. The summed E-state index contributed by atoms with van der Waals surface area (Å²) in [4.78, 5) is 4.25. The molecule has 1 rings (SSSR count). The highest BCUT2D eigenvalue weighted by Crippen LogP contribution is 2.01. The molecule has 0 aliphatic carbocycles. The number of aliphatic hydroxyl groups excluding tert-OH is 1. The van der Waals surface area contributed by atoms with Crippen molar-refractivity contribution in [3.63, 3.8) is 0 Å². The molecule has 2 N–H and O–H groups in total. The summed E-state index contributed by atoms with van der Waals surface area (Å²) in [6.45, 7) is 4.18. The second kappa shape index (κ2) is 8.56. The molecular formula is C12H20N2OS. The lowest BCUT2D eigenvalue weighted by molar-refractivity contribution is 0.296. The van der Waals surface area contributed by atoms with E-state index in [4.69, 9.17) is 5.11 Å². The van der Waals surface area contributed by atoms with Crippen LogP contribution >= 0.6 is 11.8 Å². The predicted molar refractivity (Wildman–Crippen MR) is 69.7 cm³/mol. The van der Waals surface area contributed by atoms with E-state index in [9.17, 15) is 0 Å². The summed E-state index contributed by atoms with van der Waals surface area (Å²) in [7, 11) is 0. The van der Waals surface area contributed by atoms with E-state index in [0.717, 1.165) is 36.7 Å². The second-order valence-electron chi connectivity index (χ2n) is 3.67. The zero-order valence-corrected chi connectivity index (χ0v) is 10.6. The summed E-state index contributed by atoms with van der Waals surface area (Å²) in [5, 5.41) is 12.0. The van der Waals surface area contributed by atoms with Crippen molar-refractivity contribution in [3.8, 4) is 0 Å². The van der Waals surface area contributed by atoms with Crippen LogP contribution in [0.4, 0.5) is 0 Å². The third-order valence-corrected chi connectivity index (χ3v) is 3.24. The lowest BCUT2D eigenvalue weighted by atomic mass is 10.2. The van der Waals surface area contributed by atoms with E-state index in [1.54, 1.807) is 0 Å². The normalized spacial score (nSPS) is 10.6. The Kier molecular flexibility index (Phi) is 7.21. The molecule has 0 spiro atoms. The monoisotopic (exact) mass is 240 g/mol. The van der Waals surface area contributed by atoms with Crippen LogP contribution in [0.5, 0.6) is 0 Å². The number of aromatic nitrogens is 1. The largest absolute Gasteiger partial charge is 0.396 e. The Balaban J connectivity index is 2.01. The fraction of sp³-hybridized carbons (Fsp3) is 0.583. The molecule has 0 aromatic carbocycles. The number of nitrogens with one attached hydrogen (secondary N) is 1. The summed E-state index contributed by atoms with van der Waals surface area (Å²) in [6.07, 6.45) is 2.81. The van der Waals surface area contributed by atoms with Gasteiger partial charge in [0.1, 0.15) is 0 Å². The van der Waals surface area contributed by atoms with Gasteiger partial charge in [-0.25, -0.2) is 0 Å². The van der Waals surface area contributed by atoms with E-state index in [2.05, 4.69) is 16.4 Å². The topological polar surface area (TPSA) is 45.1 Å². The van der Waals surface area contributed by atoms with Gasteiger partial charge >= 0.3 is 0 Å². The van der Waals surface area contributed by atoms with Crippen molar-refractivity contribution in [2.75, 3.05) is 24.7 Å². The van der Waals surface area contributed by atoms with E-state index < -0.39 is 0 Å². The molecule has 0 saturated heterocycles. The van der Waals surface area contributed by atoms with E-state index in [0.29, 0.717) is 6.61 Å². The number of rotatable bonds is 8. The number of pyridine rings is 1. The Morgan fingerprint density at radius 2 is 2.25 bits per heavy atom. The van der Waals surface area contributed by atoms with Gasteiger partial charge in [-0.05, 0) is 30.7 Å². The maximum absolute atomic E-state index is 8.60. The van der Waals surface area contributed by atoms with Crippen molar-refractivity contribution in [2.24, 2.45) is 0 Å². The van der Waals surface area contributed by atoms with E-state index in [-0.39, 0.29) is 0 Å². The highest BCUT2D eigenvalue weighted by atomic mass is 32.2. The summed E-state index contributed by atoms with van der Waals surface area (Å²) >= 11 is 1.88. The van der Waals surface area contributed by atoms with Crippen molar-refractivity contribution in [1.82, 2.24) is 10.3 Å². The second-order valence-corrected chi connectivity index (χ2v) is 4.90. The zero-order valence-electron chi connectivity index (χ0n) is 9.78. The van der Waals surface area contributed by atoms with Gasteiger partial charge in [0.25, 0.3) is 0 Å². The number of aliphatic hydroxyl groups is 1. The first-order chi connectivity index (χ1) is 7.83. The molecular weight excluding hydrogens is 220 g/mol. The van der Waals surface area contributed by atoms with Crippen LogP contribution in [0, 0.1) is 6.92 Å². The highest BCUT2D eigenvalue weighted by Gasteiger charge is 1.93. The molecule has 90 valence electrons. The Labute approximate surface area is 102 Å². The molecule has 3 nitrogen and oxygen atoms in total. The summed E-state index contributed by atoms with van der Waals surface area (Å²) < 4.78 is 0. The predicted octanol–water partition coefficient (Wildman–Crippen LogP) is 1.60. The van der Waals surface area contributed by atoms with Crippen LogP contribution < -0.4 is 5.32 Å². The average Bonchev–Trinajstić information content (AvgIpc) is 2.30. The number of nitrogens with zero attached hydrogens (tertiary/aromatic N) is 1. The number of hydrogen-bond donors (Lipinski definition) is 2.